The van der Waals surface area contributed by atoms with E-state index in [2.05, 4.69) is 12.1 Å². The van der Waals surface area contributed by atoms with Crippen molar-refractivity contribution in [3.63, 3.8) is 0 Å². The number of ether oxygens (including phenoxy) is 1. The fourth-order valence-corrected chi connectivity index (χ4v) is 3.20. The molecule has 0 fully saturated rings. The van der Waals surface area contributed by atoms with Gasteiger partial charge in [-0.3, -0.25) is 0 Å². The average Bonchev–Trinajstić information content (AvgIpc) is 2.46. The van der Waals surface area contributed by atoms with Crippen molar-refractivity contribution in [2.45, 2.75) is 37.7 Å². The molecule has 2 rings (SSSR count). The Morgan fingerprint density at radius 1 is 1.47 bits per heavy atom. The second kappa shape index (κ2) is 5.73. The van der Waals surface area contributed by atoms with Crippen molar-refractivity contribution in [2.24, 2.45) is 5.92 Å². The highest BCUT2D eigenvalue weighted by Crippen LogP contribution is 2.41. The molecule has 1 N–H and O–H groups in total. The number of aryl methyl sites for hydroxylation is 1. The smallest absolute Gasteiger partial charge is 0.109 e. The molecule has 0 amide bonds. The van der Waals surface area contributed by atoms with E-state index in [0.717, 1.165) is 24.8 Å². The van der Waals surface area contributed by atoms with Crippen LogP contribution < -0.4 is 0 Å². The molecule has 0 spiro atoms. The molecule has 3 atom stereocenters. The van der Waals surface area contributed by atoms with Gasteiger partial charge in [0.05, 0.1) is 18.8 Å². The largest absolute Gasteiger partial charge is 0.391 e. The fourth-order valence-electron chi connectivity index (χ4n) is 3.20. The van der Waals surface area contributed by atoms with Crippen LogP contribution in [-0.2, 0) is 16.6 Å². The molecule has 1 aliphatic rings. The maximum atomic E-state index is 10.7. The first-order valence-corrected chi connectivity index (χ1v) is 6.82. The number of rotatable bonds is 4. The van der Waals surface area contributed by atoms with Gasteiger partial charge in [0.1, 0.15) is 5.41 Å². The first kappa shape index (κ1) is 14.0. The minimum atomic E-state index is -0.785. The summed E-state index contributed by atoms with van der Waals surface area (Å²) in [6.07, 6.45) is 1.96. The Labute approximate surface area is 114 Å². The van der Waals surface area contributed by atoms with Gasteiger partial charge in [0.15, 0.2) is 0 Å². The van der Waals surface area contributed by atoms with Crippen LogP contribution in [0, 0.1) is 17.2 Å². The normalized spacial score (nSPS) is 25.2. The van der Waals surface area contributed by atoms with E-state index in [0.29, 0.717) is 6.61 Å². The Kier molecular flexibility index (Phi) is 4.24. The molecule has 1 aromatic rings. The van der Waals surface area contributed by atoms with Gasteiger partial charge in [0, 0.05) is 13.0 Å². The standard InChI is InChI=1S/C16H21NO2/c1-12(10-19-2)15(18)16(11-17)9-5-7-13-6-3-4-8-14(13)16/h3-4,6,8,12,15,18H,5,7,9-10H2,1-2H3. The number of hydrogen-bond donors (Lipinski definition) is 1. The van der Waals surface area contributed by atoms with Crippen LogP contribution in [0.2, 0.25) is 0 Å². The van der Waals surface area contributed by atoms with E-state index in [9.17, 15) is 10.4 Å². The van der Waals surface area contributed by atoms with Crippen molar-refractivity contribution in [1.82, 2.24) is 0 Å². The fraction of sp³-hybridized carbons (Fsp3) is 0.562. The van der Waals surface area contributed by atoms with Crippen molar-refractivity contribution < 1.29 is 9.84 Å². The molecule has 3 nitrogen and oxygen atoms in total. The van der Waals surface area contributed by atoms with Gasteiger partial charge in [-0.25, -0.2) is 0 Å². The van der Waals surface area contributed by atoms with Crippen LogP contribution in [0.5, 0.6) is 0 Å². The zero-order valence-corrected chi connectivity index (χ0v) is 11.6. The van der Waals surface area contributed by atoms with Gasteiger partial charge in [0.2, 0.25) is 0 Å². The molecule has 3 unspecified atom stereocenters. The zero-order valence-electron chi connectivity index (χ0n) is 11.6. The molecule has 0 bridgehead atoms. The molecule has 1 aliphatic carbocycles. The average molecular weight is 259 g/mol. The van der Waals surface area contributed by atoms with Crippen molar-refractivity contribution in [2.75, 3.05) is 13.7 Å². The molecule has 1 aromatic carbocycles. The van der Waals surface area contributed by atoms with E-state index in [4.69, 9.17) is 4.74 Å². The van der Waals surface area contributed by atoms with Crippen LogP contribution in [0.15, 0.2) is 24.3 Å². The summed E-state index contributed by atoms with van der Waals surface area (Å²) in [5.74, 6) is -0.0594. The van der Waals surface area contributed by atoms with Gasteiger partial charge in [0.25, 0.3) is 0 Å². The van der Waals surface area contributed by atoms with Gasteiger partial charge in [-0.2, -0.15) is 5.26 Å². The van der Waals surface area contributed by atoms with E-state index in [1.54, 1.807) is 7.11 Å². The van der Waals surface area contributed by atoms with Gasteiger partial charge in [-0.05, 0) is 30.4 Å². The zero-order chi connectivity index (χ0) is 13.9. The summed E-state index contributed by atoms with van der Waals surface area (Å²) in [7, 11) is 1.62. The minimum absolute atomic E-state index is 0.0594. The number of nitriles is 1. The van der Waals surface area contributed by atoms with Gasteiger partial charge >= 0.3 is 0 Å². The van der Waals surface area contributed by atoms with Gasteiger partial charge in [-0.15, -0.1) is 0 Å². The van der Waals surface area contributed by atoms with Crippen LogP contribution >= 0.6 is 0 Å². The Morgan fingerprint density at radius 2 is 2.21 bits per heavy atom. The van der Waals surface area contributed by atoms with Crippen LogP contribution in [0.1, 0.15) is 30.9 Å². The summed E-state index contributed by atoms with van der Waals surface area (Å²) in [4.78, 5) is 0. The summed E-state index contributed by atoms with van der Waals surface area (Å²) < 4.78 is 5.12. The highest BCUT2D eigenvalue weighted by molar-refractivity contribution is 5.43. The Hall–Kier alpha value is -1.37. The van der Waals surface area contributed by atoms with E-state index in [1.807, 2.05) is 25.1 Å². The number of aliphatic hydroxyl groups excluding tert-OH is 1. The predicted molar refractivity (Wildman–Crippen MR) is 73.7 cm³/mol. The van der Waals surface area contributed by atoms with Crippen molar-refractivity contribution in [3.8, 4) is 6.07 Å². The molecule has 0 saturated heterocycles. The molecule has 19 heavy (non-hydrogen) atoms. The van der Waals surface area contributed by atoms with Crippen LogP contribution in [0.4, 0.5) is 0 Å². The third kappa shape index (κ3) is 2.39. The number of methoxy groups -OCH3 is 1. The molecule has 0 saturated carbocycles. The summed E-state index contributed by atoms with van der Waals surface area (Å²) in [6.45, 7) is 2.40. The molecular weight excluding hydrogens is 238 g/mol. The van der Waals surface area contributed by atoms with Crippen molar-refractivity contribution in [3.05, 3.63) is 35.4 Å². The summed E-state index contributed by atoms with van der Waals surface area (Å²) in [5, 5.41) is 20.4. The maximum Gasteiger partial charge on any atom is 0.109 e. The Morgan fingerprint density at radius 3 is 2.89 bits per heavy atom. The molecule has 0 radical (unpaired) electrons. The first-order chi connectivity index (χ1) is 9.15. The molecule has 102 valence electrons. The van der Waals surface area contributed by atoms with Crippen LogP contribution in [0.25, 0.3) is 0 Å². The number of fused-ring (bicyclic) bond motifs is 1. The Bertz CT molecular complexity index is 480. The summed E-state index contributed by atoms with van der Waals surface area (Å²) in [5.41, 5.74) is 1.41. The third-order valence-corrected chi connectivity index (χ3v) is 4.19. The summed E-state index contributed by atoms with van der Waals surface area (Å²) in [6, 6.07) is 10.4. The van der Waals surface area contributed by atoms with Gasteiger partial charge in [-0.1, -0.05) is 31.2 Å². The van der Waals surface area contributed by atoms with E-state index < -0.39 is 11.5 Å². The van der Waals surface area contributed by atoms with Crippen molar-refractivity contribution >= 4 is 0 Å². The lowest BCUT2D eigenvalue weighted by Gasteiger charge is -2.39. The monoisotopic (exact) mass is 259 g/mol. The number of aliphatic hydroxyl groups is 1. The summed E-state index contributed by atoms with van der Waals surface area (Å²) >= 11 is 0. The van der Waals surface area contributed by atoms with Crippen molar-refractivity contribution in [1.29, 1.82) is 5.26 Å². The van der Waals surface area contributed by atoms with E-state index in [-0.39, 0.29) is 5.92 Å². The lowest BCUT2D eigenvalue weighted by Crippen LogP contribution is -2.45. The highest BCUT2D eigenvalue weighted by Gasteiger charge is 2.45. The lowest BCUT2D eigenvalue weighted by atomic mass is 9.65. The number of benzene rings is 1. The minimum Gasteiger partial charge on any atom is -0.391 e. The second-order valence-corrected chi connectivity index (χ2v) is 5.47. The number of nitrogens with zero attached hydrogens (tertiary/aromatic N) is 1. The van der Waals surface area contributed by atoms with E-state index >= 15 is 0 Å². The first-order valence-electron chi connectivity index (χ1n) is 6.82. The molecular formula is C16H21NO2. The predicted octanol–water partition coefficient (Wildman–Crippen LogP) is 2.43. The topological polar surface area (TPSA) is 53.2 Å². The SMILES string of the molecule is COCC(C)C(O)C1(C#N)CCCc2ccccc21. The quantitative estimate of drug-likeness (QED) is 0.903. The molecule has 3 heteroatoms. The molecule has 0 aromatic heterocycles. The van der Waals surface area contributed by atoms with Crippen LogP contribution in [-0.4, -0.2) is 24.9 Å². The second-order valence-electron chi connectivity index (χ2n) is 5.47. The van der Waals surface area contributed by atoms with Crippen LogP contribution in [0.3, 0.4) is 0 Å². The van der Waals surface area contributed by atoms with E-state index in [1.165, 1.54) is 5.56 Å². The maximum absolute atomic E-state index is 10.7. The third-order valence-electron chi connectivity index (χ3n) is 4.19. The highest BCUT2D eigenvalue weighted by atomic mass is 16.5. The van der Waals surface area contributed by atoms with Gasteiger partial charge < -0.3 is 9.84 Å². The molecule has 0 aliphatic heterocycles. The number of hydrogen-bond acceptors (Lipinski definition) is 3. The Balaban J connectivity index is 2.42. The molecule has 0 heterocycles. The lowest BCUT2D eigenvalue weighted by molar-refractivity contribution is 0.0141.